The first-order valence-electron chi connectivity index (χ1n) is 9.43. The fourth-order valence-electron chi connectivity index (χ4n) is 3.30. The van der Waals surface area contributed by atoms with Gasteiger partial charge in [0.05, 0.1) is 12.5 Å². The first-order chi connectivity index (χ1) is 14.2. The van der Waals surface area contributed by atoms with Crippen LogP contribution in [0.1, 0.15) is 24.4 Å². The second-order valence-corrected chi connectivity index (χ2v) is 7.93. The molecule has 1 amide bonds. The van der Waals surface area contributed by atoms with Gasteiger partial charge < -0.3 is 14.8 Å². The molecule has 1 aliphatic carbocycles. The van der Waals surface area contributed by atoms with Crippen LogP contribution < -0.4 is 14.8 Å². The normalized spacial score (nSPS) is 15.2. The molecular formula is C20H18BrN5O3. The summed E-state index contributed by atoms with van der Waals surface area (Å²) in [5.41, 5.74) is 2.41. The highest BCUT2D eigenvalue weighted by molar-refractivity contribution is 9.10. The van der Waals surface area contributed by atoms with Crippen LogP contribution in [0.2, 0.25) is 0 Å². The first-order valence-corrected chi connectivity index (χ1v) is 10.2. The molecule has 0 saturated heterocycles. The van der Waals surface area contributed by atoms with E-state index in [4.69, 9.17) is 9.47 Å². The Morgan fingerprint density at radius 2 is 1.97 bits per heavy atom. The number of tetrazole rings is 1. The number of benzene rings is 2. The van der Waals surface area contributed by atoms with Crippen LogP contribution in [-0.4, -0.2) is 39.3 Å². The number of aromatic nitrogens is 4. The average molecular weight is 456 g/mol. The quantitative estimate of drug-likeness (QED) is 0.633. The summed E-state index contributed by atoms with van der Waals surface area (Å²) in [6.45, 7) is 1.03. The SMILES string of the molecule is O=C(Cc1cc2c(cc1Br)OCCO2)Nc1cccc(-c2nnnn2C2CC2)c1. The molecule has 29 heavy (non-hydrogen) atoms. The van der Waals surface area contributed by atoms with Crippen molar-refractivity contribution in [2.24, 2.45) is 0 Å². The van der Waals surface area contributed by atoms with Gasteiger partial charge in [-0.15, -0.1) is 5.10 Å². The van der Waals surface area contributed by atoms with E-state index < -0.39 is 0 Å². The maximum Gasteiger partial charge on any atom is 0.228 e. The van der Waals surface area contributed by atoms with Gasteiger partial charge in [0.2, 0.25) is 5.91 Å². The summed E-state index contributed by atoms with van der Waals surface area (Å²) in [4.78, 5) is 12.6. The molecule has 2 aliphatic rings. The van der Waals surface area contributed by atoms with Crippen LogP contribution in [0.4, 0.5) is 5.69 Å². The van der Waals surface area contributed by atoms with E-state index in [0.29, 0.717) is 36.4 Å². The third-order valence-corrected chi connectivity index (χ3v) is 5.59. The van der Waals surface area contributed by atoms with Crippen molar-refractivity contribution in [3.05, 3.63) is 46.4 Å². The van der Waals surface area contributed by atoms with Crippen LogP contribution in [0.25, 0.3) is 11.4 Å². The molecule has 0 atom stereocenters. The Balaban J connectivity index is 1.32. The first kappa shape index (κ1) is 18.1. The molecule has 1 fully saturated rings. The van der Waals surface area contributed by atoms with Crippen LogP contribution in [0.15, 0.2) is 40.9 Å². The van der Waals surface area contributed by atoms with Gasteiger partial charge in [0.25, 0.3) is 0 Å². The van der Waals surface area contributed by atoms with E-state index in [9.17, 15) is 4.79 Å². The molecule has 8 nitrogen and oxygen atoms in total. The number of halogens is 1. The average Bonchev–Trinajstić information content (AvgIpc) is 3.45. The summed E-state index contributed by atoms with van der Waals surface area (Å²) in [5, 5.41) is 15.0. The molecule has 148 valence electrons. The molecule has 1 aromatic heterocycles. The lowest BCUT2D eigenvalue weighted by Gasteiger charge is -2.19. The summed E-state index contributed by atoms with van der Waals surface area (Å²) in [6.07, 6.45) is 2.40. The number of anilines is 1. The molecular weight excluding hydrogens is 438 g/mol. The van der Waals surface area contributed by atoms with Gasteiger partial charge in [-0.3, -0.25) is 4.79 Å². The van der Waals surface area contributed by atoms with E-state index in [1.165, 1.54) is 0 Å². The molecule has 0 bridgehead atoms. The largest absolute Gasteiger partial charge is 0.486 e. The fraction of sp³-hybridized carbons (Fsp3) is 0.300. The standard InChI is InChI=1S/C20H18BrN5O3/c21-16-11-18-17(28-6-7-29-18)9-13(16)10-19(27)22-14-3-1-2-12(8-14)20-23-24-25-26(20)15-4-5-15/h1-3,8-9,11,15H,4-7,10H2,(H,22,27). The van der Waals surface area contributed by atoms with Crippen LogP contribution in [-0.2, 0) is 11.2 Å². The number of fused-ring (bicyclic) bond motifs is 1. The highest BCUT2D eigenvalue weighted by Crippen LogP contribution is 2.37. The van der Waals surface area contributed by atoms with Gasteiger partial charge in [-0.05, 0) is 53.1 Å². The van der Waals surface area contributed by atoms with E-state index >= 15 is 0 Å². The third kappa shape index (κ3) is 3.82. The lowest BCUT2D eigenvalue weighted by atomic mass is 10.1. The molecule has 9 heteroatoms. The van der Waals surface area contributed by atoms with Crippen molar-refractivity contribution in [3.8, 4) is 22.9 Å². The number of ether oxygens (including phenoxy) is 2. The topological polar surface area (TPSA) is 91.2 Å². The summed E-state index contributed by atoms with van der Waals surface area (Å²) in [6, 6.07) is 11.6. The zero-order valence-electron chi connectivity index (χ0n) is 15.5. The van der Waals surface area contributed by atoms with Gasteiger partial charge >= 0.3 is 0 Å². The van der Waals surface area contributed by atoms with Gasteiger partial charge in [0.15, 0.2) is 17.3 Å². The number of amides is 1. The minimum atomic E-state index is -0.124. The van der Waals surface area contributed by atoms with Crippen molar-refractivity contribution in [2.45, 2.75) is 25.3 Å². The predicted octanol–water partition coefficient (Wildman–Crippen LogP) is 3.39. The number of carbonyl (C=O) groups is 1. The second-order valence-electron chi connectivity index (χ2n) is 7.07. The maximum atomic E-state index is 12.6. The van der Waals surface area contributed by atoms with Crippen LogP contribution in [0, 0.1) is 0 Å². The summed E-state index contributed by atoms with van der Waals surface area (Å²) in [7, 11) is 0. The number of hydrogen-bond donors (Lipinski definition) is 1. The minimum absolute atomic E-state index is 0.124. The minimum Gasteiger partial charge on any atom is -0.486 e. The van der Waals surface area contributed by atoms with Gasteiger partial charge in [0.1, 0.15) is 13.2 Å². The van der Waals surface area contributed by atoms with Gasteiger partial charge in [0, 0.05) is 15.7 Å². The van der Waals surface area contributed by atoms with Crippen LogP contribution in [0.3, 0.4) is 0 Å². The summed E-state index contributed by atoms with van der Waals surface area (Å²) in [5.74, 6) is 1.95. The van der Waals surface area contributed by atoms with Crippen molar-refractivity contribution in [1.29, 1.82) is 0 Å². The van der Waals surface area contributed by atoms with Crippen molar-refractivity contribution < 1.29 is 14.3 Å². The van der Waals surface area contributed by atoms with Crippen LogP contribution in [0.5, 0.6) is 11.5 Å². The molecule has 1 aliphatic heterocycles. The Kier molecular flexibility index (Phi) is 4.67. The Morgan fingerprint density at radius 1 is 1.17 bits per heavy atom. The number of nitrogens with one attached hydrogen (secondary N) is 1. The second kappa shape index (κ2) is 7.47. The molecule has 0 spiro atoms. The predicted molar refractivity (Wildman–Crippen MR) is 109 cm³/mol. The van der Waals surface area contributed by atoms with Crippen molar-refractivity contribution in [2.75, 3.05) is 18.5 Å². The Bertz CT molecular complexity index is 1080. The van der Waals surface area contributed by atoms with Gasteiger partial charge in [-0.1, -0.05) is 28.1 Å². The van der Waals surface area contributed by atoms with E-state index in [1.807, 2.05) is 41.1 Å². The number of hydrogen-bond acceptors (Lipinski definition) is 6. The molecule has 2 aromatic carbocycles. The molecule has 0 unspecified atom stereocenters. The molecule has 1 N–H and O–H groups in total. The summed E-state index contributed by atoms with van der Waals surface area (Å²) >= 11 is 3.51. The molecule has 5 rings (SSSR count). The Labute approximate surface area is 175 Å². The van der Waals surface area contributed by atoms with E-state index in [-0.39, 0.29) is 12.3 Å². The molecule has 1 saturated carbocycles. The lowest BCUT2D eigenvalue weighted by molar-refractivity contribution is -0.115. The highest BCUT2D eigenvalue weighted by Gasteiger charge is 2.28. The molecule has 2 heterocycles. The van der Waals surface area contributed by atoms with E-state index in [0.717, 1.165) is 34.3 Å². The van der Waals surface area contributed by atoms with Crippen molar-refractivity contribution in [1.82, 2.24) is 20.2 Å². The summed E-state index contributed by atoms with van der Waals surface area (Å²) < 4.78 is 13.8. The van der Waals surface area contributed by atoms with Gasteiger partial charge in [-0.2, -0.15) is 0 Å². The number of rotatable bonds is 5. The van der Waals surface area contributed by atoms with Gasteiger partial charge in [-0.25, -0.2) is 4.68 Å². The zero-order chi connectivity index (χ0) is 19.8. The lowest BCUT2D eigenvalue weighted by Crippen LogP contribution is -2.17. The zero-order valence-corrected chi connectivity index (χ0v) is 17.1. The Morgan fingerprint density at radius 3 is 2.76 bits per heavy atom. The van der Waals surface area contributed by atoms with Crippen LogP contribution >= 0.6 is 15.9 Å². The highest BCUT2D eigenvalue weighted by atomic mass is 79.9. The maximum absolute atomic E-state index is 12.6. The van der Waals surface area contributed by atoms with Crippen molar-refractivity contribution in [3.63, 3.8) is 0 Å². The third-order valence-electron chi connectivity index (χ3n) is 4.85. The van der Waals surface area contributed by atoms with E-state index in [2.05, 4.69) is 36.8 Å². The smallest absolute Gasteiger partial charge is 0.228 e. The molecule has 3 aromatic rings. The number of nitrogens with zero attached hydrogens (tertiary/aromatic N) is 4. The Hall–Kier alpha value is -2.94. The van der Waals surface area contributed by atoms with E-state index in [1.54, 1.807) is 0 Å². The number of carbonyl (C=O) groups excluding carboxylic acids is 1. The fourth-order valence-corrected chi connectivity index (χ4v) is 3.77. The molecule has 0 radical (unpaired) electrons. The monoisotopic (exact) mass is 455 g/mol. The van der Waals surface area contributed by atoms with Crippen molar-refractivity contribution >= 4 is 27.5 Å².